The Balaban J connectivity index is 2.58. The van der Waals surface area contributed by atoms with E-state index < -0.39 is 0 Å². The van der Waals surface area contributed by atoms with Crippen molar-refractivity contribution in [1.82, 2.24) is 4.98 Å². The number of rotatable bonds is 2. The number of aromatic nitrogens is 1. The smallest absolute Gasteiger partial charge is 0.0962 e. The van der Waals surface area contributed by atoms with Crippen molar-refractivity contribution >= 4 is 27.3 Å². The second-order valence-electron chi connectivity index (χ2n) is 2.11. The summed E-state index contributed by atoms with van der Waals surface area (Å²) in [6.07, 6.45) is 2.11. The highest BCUT2D eigenvalue weighted by atomic mass is 79.9. The third kappa shape index (κ3) is 2.36. The van der Waals surface area contributed by atoms with Gasteiger partial charge in [0.15, 0.2) is 0 Å². The third-order valence-corrected chi connectivity index (χ3v) is 2.49. The lowest BCUT2D eigenvalue weighted by Gasteiger charge is -1.97. The number of hydrogen-bond donors (Lipinski definition) is 1. The third-order valence-electron chi connectivity index (χ3n) is 0.995. The Hall–Kier alpha value is 0.0700. The zero-order valence-electron chi connectivity index (χ0n) is 5.54. The van der Waals surface area contributed by atoms with Crippen LogP contribution < -0.4 is 0 Å². The molecular weight excluding hydrogens is 214 g/mol. The van der Waals surface area contributed by atoms with Gasteiger partial charge in [-0.3, -0.25) is 0 Å². The van der Waals surface area contributed by atoms with Crippen molar-refractivity contribution in [3.8, 4) is 0 Å². The maximum absolute atomic E-state index is 8.97. The minimum absolute atomic E-state index is 0.293. The van der Waals surface area contributed by atoms with Crippen LogP contribution in [0.5, 0.6) is 0 Å². The number of aliphatic hydroxyl groups is 1. The Bertz CT molecular complexity index is 211. The SMILES string of the molecule is C[C@@H](O)Cc1ncc(Br)s1. The summed E-state index contributed by atoms with van der Waals surface area (Å²) in [7, 11) is 0. The van der Waals surface area contributed by atoms with E-state index >= 15 is 0 Å². The van der Waals surface area contributed by atoms with Crippen LogP contribution in [0.15, 0.2) is 9.98 Å². The van der Waals surface area contributed by atoms with Crippen molar-refractivity contribution in [2.75, 3.05) is 0 Å². The fourth-order valence-electron chi connectivity index (χ4n) is 0.635. The van der Waals surface area contributed by atoms with Crippen molar-refractivity contribution in [2.45, 2.75) is 19.4 Å². The molecule has 4 heteroatoms. The first-order chi connectivity index (χ1) is 4.68. The maximum Gasteiger partial charge on any atom is 0.0962 e. The fraction of sp³-hybridized carbons (Fsp3) is 0.500. The van der Waals surface area contributed by atoms with E-state index in [2.05, 4.69) is 20.9 Å². The second kappa shape index (κ2) is 3.46. The molecule has 56 valence electrons. The Morgan fingerprint density at radius 1 is 1.90 bits per heavy atom. The van der Waals surface area contributed by atoms with Crippen molar-refractivity contribution in [3.63, 3.8) is 0 Å². The largest absolute Gasteiger partial charge is 0.393 e. The molecule has 0 saturated heterocycles. The summed E-state index contributed by atoms with van der Waals surface area (Å²) in [5.74, 6) is 0. The van der Waals surface area contributed by atoms with Gasteiger partial charge in [0.05, 0.1) is 21.1 Å². The first kappa shape index (κ1) is 8.17. The highest BCUT2D eigenvalue weighted by Gasteiger charge is 2.02. The van der Waals surface area contributed by atoms with Crippen molar-refractivity contribution in [3.05, 3.63) is 15.0 Å². The summed E-state index contributed by atoms with van der Waals surface area (Å²) in [6, 6.07) is 0. The molecular formula is C6H8BrNOS. The number of aliphatic hydroxyl groups excluding tert-OH is 1. The van der Waals surface area contributed by atoms with Gasteiger partial charge in [0, 0.05) is 6.42 Å². The van der Waals surface area contributed by atoms with Crippen molar-refractivity contribution in [1.29, 1.82) is 0 Å². The number of hydrogen-bond acceptors (Lipinski definition) is 3. The van der Waals surface area contributed by atoms with E-state index in [1.165, 1.54) is 0 Å². The lowest BCUT2D eigenvalue weighted by molar-refractivity contribution is 0.195. The normalized spacial score (nSPS) is 13.5. The average molecular weight is 222 g/mol. The molecule has 0 radical (unpaired) electrons. The van der Waals surface area contributed by atoms with Gasteiger partial charge in [-0.2, -0.15) is 0 Å². The van der Waals surface area contributed by atoms with Gasteiger partial charge in [0.1, 0.15) is 0 Å². The van der Waals surface area contributed by atoms with E-state index in [-0.39, 0.29) is 6.10 Å². The van der Waals surface area contributed by atoms with Gasteiger partial charge >= 0.3 is 0 Å². The number of halogens is 1. The van der Waals surface area contributed by atoms with Crippen LogP contribution in [-0.2, 0) is 6.42 Å². The highest BCUT2D eigenvalue weighted by Crippen LogP contribution is 2.19. The highest BCUT2D eigenvalue weighted by molar-refractivity contribution is 9.11. The monoisotopic (exact) mass is 221 g/mol. The zero-order valence-corrected chi connectivity index (χ0v) is 7.94. The predicted molar refractivity (Wildman–Crippen MR) is 45.2 cm³/mol. The standard InChI is InChI=1S/C6H8BrNOS/c1-4(9)2-6-8-3-5(7)10-6/h3-4,9H,2H2,1H3/t4-/m1/s1. The minimum atomic E-state index is -0.293. The number of thiazole rings is 1. The van der Waals surface area contributed by atoms with Crippen molar-refractivity contribution < 1.29 is 5.11 Å². The first-order valence-corrected chi connectivity index (χ1v) is 4.57. The van der Waals surface area contributed by atoms with Gasteiger partial charge in [0.25, 0.3) is 0 Å². The molecule has 1 heterocycles. The summed E-state index contributed by atoms with van der Waals surface area (Å²) in [5.41, 5.74) is 0. The van der Waals surface area contributed by atoms with E-state index in [4.69, 9.17) is 5.11 Å². The maximum atomic E-state index is 8.97. The van der Waals surface area contributed by atoms with Crippen LogP contribution in [0, 0.1) is 0 Å². The average Bonchev–Trinajstić information content (AvgIpc) is 2.13. The van der Waals surface area contributed by atoms with Gasteiger partial charge < -0.3 is 5.11 Å². The molecule has 0 aliphatic heterocycles. The summed E-state index contributed by atoms with van der Waals surface area (Å²) < 4.78 is 1.02. The van der Waals surface area contributed by atoms with E-state index in [1.807, 2.05) is 0 Å². The molecule has 0 amide bonds. The minimum Gasteiger partial charge on any atom is -0.393 e. The van der Waals surface area contributed by atoms with Gasteiger partial charge in [-0.1, -0.05) is 0 Å². The Kier molecular flexibility index (Phi) is 2.82. The predicted octanol–water partition coefficient (Wildman–Crippen LogP) is 1.83. The molecule has 2 nitrogen and oxygen atoms in total. The van der Waals surface area contributed by atoms with Gasteiger partial charge in [-0.25, -0.2) is 4.98 Å². The molecule has 0 bridgehead atoms. The Labute approximate surface area is 72.0 Å². The van der Waals surface area contributed by atoms with E-state index in [1.54, 1.807) is 24.5 Å². The lowest BCUT2D eigenvalue weighted by Crippen LogP contribution is -2.02. The van der Waals surface area contributed by atoms with Crippen LogP contribution in [0.25, 0.3) is 0 Å². The lowest BCUT2D eigenvalue weighted by atomic mass is 10.3. The molecule has 0 saturated carbocycles. The summed E-state index contributed by atoms with van der Waals surface area (Å²) in [4.78, 5) is 4.07. The van der Waals surface area contributed by atoms with E-state index in [0.29, 0.717) is 6.42 Å². The van der Waals surface area contributed by atoms with Gasteiger partial charge in [-0.05, 0) is 22.9 Å². The molecule has 10 heavy (non-hydrogen) atoms. The quantitative estimate of drug-likeness (QED) is 0.827. The molecule has 0 spiro atoms. The summed E-state index contributed by atoms with van der Waals surface area (Å²) in [6.45, 7) is 1.76. The summed E-state index contributed by atoms with van der Waals surface area (Å²) in [5, 5.41) is 9.94. The van der Waals surface area contributed by atoms with Crippen molar-refractivity contribution in [2.24, 2.45) is 0 Å². The van der Waals surface area contributed by atoms with E-state index in [0.717, 1.165) is 8.79 Å². The molecule has 0 unspecified atom stereocenters. The zero-order chi connectivity index (χ0) is 7.56. The molecule has 1 N–H and O–H groups in total. The number of nitrogens with zero attached hydrogens (tertiary/aromatic N) is 1. The van der Waals surface area contributed by atoms with Gasteiger partial charge in [-0.15, -0.1) is 11.3 Å². The Morgan fingerprint density at radius 3 is 3.00 bits per heavy atom. The molecule has 1 rings (SSSR count). The van der Waals surface area contributed by atoms with E-state index in [9.17, 15) is 0 Å². The molecule has 0 aliphatic rings. The molecule has 1 aromatic heterocycles. The van der Waals surface area contributed by atoms with Crippen LogP contribution in [0.1, 0.15) is 11.9 Å². The molecule has 0 aromatic carbocycles. The molecule has 0 fully saturated rings. The Morgan fingerprint density at radius 2 is 2.60 bits per heavy atom. The molecule has 0 aliphatic carbocycles. The topological polar surface area (TPSA) is 33.1 Å². The second-order valence-corrected chi connectivity index (χ2v) is 4.61. The summed E-state index contributed by atoms with van der Waals surface area (Å²) >= 11 is 4.86. The van der Waals surface area contributed by atoms with Crippen LogP contribution >= 0.6 is 27.3 Å². The molecule has 1 atom stereocenters. The van der Waals surface area contributed by atoms with Crippen LogP contribution in [0.4, 0.5) is 0 Å². The fourth-order valence-corrected chi connectivity index (χ4v) is 2.06. The van der Waals surface area contributed by atoms with Crippen LogP contribution in [0.2, 0.25) is 0 Å². The molecule has 1 aromatic rings. The first-order valence-electron chi connectivity index (χ1n) is 2.97. The van der Waals surface area contributed by atoms with Crippen LogP contribution in [-0.4, -0.2) is 16.2 Å². The van der Waals surface area contributed by atoms with Crippen LogP contribution in [0.3, 0.4) is 0 Å². The van der Waals surface area contributed by atoms with Gasteiger partial charge in [0.2, 0.25) is 0 Å².